The minimum atomic E-state index is -0.163. The lowest BCUT2D eigenvalue weighted by Gasteiger charge is -2.27. The molecule has 1 rings (SSSR count). The molecule has 0 N–H and O–H groups in total. The van der Waals surface area contributed by atoms with Crippen molar-refractivity contribution in [2.75, 3.05) is 6.61 Å². The van der Waals surface area contributed by atoms with Crippen molar-refractivity contribution in [3.8, 4) is 0 Å². The van der Waals surface area contributed by atoms with Gasteiger partial charge < -0.3 is 4.74 Å². The number of cyclic esters (lactones) is 1. The highest BCUT2D eigenvalue weighted by Crippen LogP contribution is 2.21. The van der Waals surface area contributed by atoms with Crippen molar-refractivity contribution < 1.29 is 9.53 Å². The molecule has 12 heavy (non-hydrogen) atoms. The molecular weight excluding hydrogens is 154 g/mol. The molecule has 1 fully saturated rings. The Morgan fingerprint density at radius 1 is 1.42 bits per heavy atom. The number of hydrogen-bond donors (Lipinski definition) is 0. The third-order valence-electron chi connectivity index (χ3n) is 2.27. The quantitative estimate of drug-likeness (QED) is 0.634. The molecule has 0 bridgehead atoms. The highest BCUT2D eigenvalue weighted by atomic mass is 16.6. The van der Waals surface area contributed by atoms with Crippen molar-refractivity contribution in [3.05, 3.63) is 0 Å². The van der Waals surface area contributed by atoms with Crippen molar-refractivity contribution in [2.24, 2.45) is 5.92 Å². The smallest absolute Gasteiger partial charge is 0.410 e. The Bertz CT molecular complexity index is 177. The Kier molecular flexibility index (Phi) is 2.60. The maximum absolute atomic E-state index is 11.2. The molecule has 0 unspecified atom stereocenters. The number of ether oxygens (including phenoxy) is 1. The van der Waals surface area contributed by atoms with Crippen LogP contribution in [0.1, 0.15) is 27.7 Å². The molecule has 1 heterocycles. The van der Waals surface area contributed by atoms with Crippen LogP contribution in [0.4, 0.5) is 4.79 Å². The molecule has 1 saturated heterocycles. The number of carbonyl (C=O) groups is 1. The Morgan fingerprint density at radius 3 is 2.33 bits per heavy atom. The summed E-state index contributed by atoms with van der Waals surface area (Å²) >= 11 is 0. The Hall–Kier alpha value is -0.730. The van der Waals surface area contributed by atoms with Crippen molar-refractivity contribution in [1.82, 2.24) is 4.90 Å². The molecule has 1 aliphatic heterocycles. The first kappa shape index (κ1) is 9.36. The second kappa shape index (κ2) is 3.33. The summed E-state index contributed by atoms with van der Waals surface area (Å²) in [5.41, 5.74) is 0. The van der Waals surface area contributed by atoms with Crippen LogP contribution in [0.3, 0.4) is 0 Å². The van der Waals surface area contributed by atoms with Gasteiger partial charge in [0.25, 0.3) is 0 Å². The number of nitrogens with zero attached hydrogens (tertiary/aromatic N) is 1. The van der Waals surface area contributed by atoms with Crippen molar-refractivity contribution in [1.29, 1.82) is 0 Å². The second-order valence-electron chi connectivity index (χ2n) is 3.89. The summed E-state index contributed by atoms with van der Waals surface area (Å²) in [5.74, 6) is 0.471. The van der Waals surface area contributed by atoms with Gasteiger partial charge in [-0.15, -0.1) is 0 Å². The molecule has 0 aliphatic carbocycles. The Morgan fingerprint density at radius 2 is 2.00 bits per heavy atom. The first-order valence-corrected chi connectivity index (χ1v) is 4.49. The van der Waals surface area contributed by atoms with Crippen molar-refractivity contribution in [2.45, 2.75) is 39.8 Å². The summed E-state index contributed by atoms with van der Waals surface area (Å²) in [5, 5.41) is 0. The van der Waals surface area contributed by atoms with Crippen molar-refractivity contribution in [3.63, 3.8) is 0 Å². The Labute approximate surface area is 73.7 Å². The van der Waals surface area contributed by atoms with Gasteiger partial charge in [0.15, 0.2) is 0 Å². The van der Waals surface area contributed by atoms with Crippen LogP contribution in [-0.4, -0.2) is 29.7 Å². The zero-order valence-electron chi connectivity index (χ0n) is 8.20. The minimum absolute atomic E-state index is 0.163. The third-order valence-corrected chi connectivity index (χ3v) is 2.27. The Balaban J connectivity index is 2.70. The van der Waals surface area contributed by atoms with Gasteiger partial charge in [0.1, 0.15) is 6.61 Å². The van der Waals surface area contributed by atoms with Crippen LogP contribution >= 0.6 is 0 Å². The first-order valence-electron chi connectivity index (χ1n) is 4.49. The summed E-state index contributed by atoms with van der Waals surface area (Å²) in [6.07, 6.45) is -0.163. The van der Waals surface area contributed by atoms with Gasteiger partial charge in [0.05, 0.1) is 6.04 Å². The molecule has 0 aromatic rings. The van der Waals surface area contributed by atoms with Crippen LogP contribution in [0.25, 0.3) is 0 Å². The van der Waals surface area contributed by atoms with Crippen LogP contribution in [0, 0.1) is 5.92 Å². The van der Waals surface area contributed by atoms with E-state index in [4.69, 9.17) is 4.74 Å². The van der Waals surface area contributed by atoms with Gasteiger partial charge in [-0.25, -0.2) is 4.79 Å². The van der Waals surface area contributed by atoms with Gasteiger partial charge in [-0.05, 0) is 19.8 Å². The van der Waals surface area contributed by atoms with Gasteiger partial charge in [-0.3, -0.25) is 4.90 Å². The molecule has 70 valence electrons. The predicted octanol–water partition coefficient (Wildman–Crippen LogP) is 1.87. The largest absolute Gasteiger partial charge is 0.447 e. The van der Waals surface area contributed by atoms with Gasteiger partial charge in [0, 0.05) is 6.04 Å². The van der Waals surface area contributed by atoms with E-state index in [-0.39, 0.29) is 18.2 Å². The molecule has 0 aromatic carbocycles. The maximum Gasteiger partial charge on any atom is 0.410 e. The molecule has 1 atom stereocenters. The van der Waals surface area contributed by atoms with E-state index in [2.05, 4.69) is 13.8 Å². The molecule has 0 aromatic heterocycles. The van der Waals surface area contributed by atoms with Gasteiger partial charge in [-0.2, -0.15) is 0 Å². The molecule has 3 heteroatoms. The van der Waals surface area contributed by atoms with Gasteiger partial charge in [-0.1, -0.05) is 13.8 Å². The highest BCUT2D eigenvalue weighted by Gasteiger charge is 2.36. The fourth-order valence-electron chi connectivity index (χ4n) is 1.55. The number of amides is 1. The number of rotatable bonds is 2. The average molecular weight is 171 g/mol. The lowest BCUT2D eigenvalue weighted by Crippen LogP contribution is -2.41. The van der Waals surface area contributed by atoms with E-state index in [1.165, 1.54) is 0 Å². The molecule has 0 saturated carbocycles. The summed E-state index contributed by atoms with van der Waals surface area (Å²) in [4.78, 5) is 13.1. The van der Waals surface area contributed by atoms with E-state index in [0.29, 0.717) is 12.5 Å². The number of hydrogen-bond acceptors (Lipinski definition) is 2. The first-order chi connectivity index (χ1) is 5.54. The van der Waals surface area contributed by atoms with E-state index >= 15 is 0 Å². The monoisotopic (exact) mass is 171 g/mol. The molecule has 0 radical (unpaired) electrons. The zero-order chi connectivity index (χ0) is 9.30. The van der Waals surface area contributed by atoms with Crippen LogP contribution in [0.5, 0.6) is 0 Å². The predicted molar refractivity (Wildman–Crippen MR) is 46.9 cm³/mol. The van der Waals surface area contributed by atoms with E-state index < -0.39 is 0 Å². The fourth-order valence-corrected chi connectivity index (χ4v) is 1.55. The van der Waals surface area contributed by atoms with Gasteiger partial charge in [0.2, 0.25) is 0 Å². The zero-order valence-corrected chi connectivity index (χ0v) is 8.20. The lowest BCUT2D eigenvalue weighted by atomic mass is 10.0. The highest BCUT2D eigenvalue weighted by molar-refractivity contribution is 5.70. The van der Waals surface area contributed by atoms with E-state index in [0.717, 1.165) is 0 Å². The van der Waals surface area contributed by atoms with Crippen LogP contribution in [-0.2, 0) is 4.74 Å². The fraction of sp³-hybridized carbons (Fsp3) is 0.889. The average Bonchev–Trinajstić information content (AvgIpc) is 2.30. The third kappa shape index (κ3) is 1.54. The molecule has 1 aliphatic rings. The summed E-state index contributed by atoms with van der Waals surface area (Å²) in [7, 11) is 0. The SMILES string of the molecule is CC(C)[C@H]1COC(=O)N1C(C)C. The molecule has 3 nitrogen and oxygen atoms in total. The standard InChI is InChI=1S/C9H17NO2/c1-6(2)8-5-12-9(11)10(8)7(3)4/h6-8H,5H2,1-4H3/t8-/m1/s1. The van der Waals surface area contributed by atoms with Crippen LogP contribution < -0.4 is 0 Å². The van der Waals surface area contributed by atoms with Crippen LogP contribution in [0.15, 0.2) is 0 Å². The summed E-state index contributed by atoms with van der Waals surface area (Å²) in [6.45, 7) is 8.81. The summed E-state index contributed by atoms with van der Waals surface area (Å²) in [6, 6.07) is 0.505. The van der Waals surface area contributed by atoms with E-state index in [1.807, 2.05) is 18.7 Å². The van der Waals surface area contributed by atoms with Crippen molar-refractivity contribution >= 4 is 6.09 Å². The van der Waals surface area contributed by atoms with E-state index in [9.17, 15) is 4.79 Å². The van der Waals surface area contributed by atoms with E-state index in [1.54, 1.807) is 0 Å². The van der Waals surface area contributed by atoms with Gasteiger partial charge >= 0.3 is 6.09 Å². The molecule has 0 spiro atoms. The molecule has 1 amide bonds. The summed E-state index contributed by atoms with van der Waals surface area (Å²) < 4.78 is 4.99. The van der Waals surface area contributed by atoms with Crippen LogP contribution in [0.2, 0.25) is 0 Å². The molecular formula is C9H17NO2. The minimum Gasteiger partial charge on any atom is -0.447 e. The maximum atomic E-state index is 11.2. The number of carbonyl (C=O) groups excluding carboxylic acids is 1. The normalized spacial score (nSPS) is 24.0. The lowest BCUT2D eigenvalue weighted by molar-refractivity contribution is 0.146. The topological polar surface area (TPSA) is 29.5 Å². The second-order valence-corrected chi connectivity index (χ2v) is 3.89.